The van der Waals surface area contributed by atoms with Crippen molar-refractivity contribution in [3.63, 3.8) is 0 Å². The van der Waals surface area contributed by atoms with E-state index in [0.717, 1.165) is 11.8 Å². The Morgan fingerprint density at radius 3 is 2.70 bits per heavy atom. The third-order valence-electron chi connectivity index (χ3n) is 5.35. The van der Waals surface area contributed by atoms with E-state index in [1.807, 2.05) is 0 Å². The van der Waals surface area contributed by atoms with Gasteiger partial charge in [-0.3, -0.25) is 9.59 Å². The quantitative estimate of drug-likeness (QED) is 0.869. The van der Waals surface area contributed by atoms with E-state index in [2.05, 4.69) is 17.6 Å². The maximum Gasteiger partial charge on any atom is 0.253 e. The van der Waals surface area contributed by atoms with Gasteiger partial charge in [0.05, 0.1) is 17.1 Å². The summed E-state index contributed by atoms with van der Waals surface area (Å²) >= 11 is 5.98. The van der Waals surface area contributed by atoms with Crippen LogP contribution in [0, 0.1) is 17.8 Å². The topological polar surface area (TPSA) is 58.2 Å². The third kappa shape index (κ3) is 3.69. The standard InChI is InChI=1S/C18H23ClN2O2/c1-11(15-9-12-6-7-13(15)8-12)21-17(22)10-20-18(23)14-4-2-3-5-16(14)19/h2-5,11-13,15H,6-10H2,1H3,(H,20,23)(H,21,22). The zero-order valence-corrected chi connectivity index (χ0v) is 14.1. The molecule has 2 saturated carbocycles. The van der Waals surface area contributed by atoms with E-state index in [1.54, 1.807) is 24.3 Å². The summed E-state index contributed by atoms with van der Waals surface area (Å²) in [6.07, 6.45) is 5.22. The lowest BCUT2D eigenvalue weighted by Gasteiger charge is -2.28. The summed E-state index contributed by atoms with van der Waals surface area (Å²) in [5.74, 6) is 1.77. The van der Waals surface area contributed by atoms with Crippen LogP contribution in [0.4, 0.5) is 0 Å². The lowest BCUT2D eigenvalue weighted by atomic mass is 9.84. The molecular weight excluding hydrogens is 312 g/mol. The smallest absolute Gasteiger partial charge is 0.253 e. The molecule has 2 aliphatic carbocycles. The van der Waals surface area contributed by atoms with Gasteiger partial charge in [0.1, 0.15) is 0 Å². The summed E-state index contributed by atoms with van der Waals surface area (Å²) in [6.45, 7) is 2.06. The molecule has 0 saturated heterocycles. The highest BCUT2D eigenvalue weighted by molar-refractivity contribution is 6.33. The van der Waals surface area contributed by atoms with Gasteiger partial charge in [-0.05, 0) is 56.1 Å². The molecule has 0 spiro atoms. The van der Waals surface area contributed by atoms with Crippen molar-refractivity contribution in [2.75, 3.05) is 6.54 Å². The van der Waals surface area contributed by atoms with Crippen LogP contribution in [-0.4, -0.2) is 24.4 Å². The molecule has 0 heterocycles. The van der Waals surface area contributed by atoms with Crippen LogP contribution in [0.3, 0.4) is 0 Å². The molecule has 2 bridgehead atoms. The van der Waals surface area contributed by atoms with E-state index >= 15 is 0 Å². The van der Waals surface area contributed by atoms with Gasteiger partial charge in [0.15, 0.2) is 0 Å². The number of nitrogens with one attached hydrogen (secondary N) is 2. The van der Waals surface area contributed by atoms with Crippen LogP contribution in [0.5, 0.6) is 0 Å². The average molecular weight is 335 g/mol. The van der Waals surface area contributed by atoms with Crippen molar-refractivity contribution in [2.24, 2.45) is 17.8 Å². The number of hydrogen-bond acceptors (Lipinski definition) is 2. The molecule has 2 N–H and O–H groups in total. The van der Waals surface area contributed by atoms with Gasteiger partial charge in [-0.1, -0.05) is 30.2 Å². The van der Waals surface area contributed by atoms with Crippen LogP contribution in [0.2, 0.25) is 5.02 Å². The highest BCUT2D eigenvalue weighted by Gasteiger charge is 2.42. The van der Waals surface area contributed by atoms with Crippen molar-refractivity contribution in [1.82, 2.24) is 10.6 Å². The monoisotopic (exact) mass is 334 g/mol. The molecule has 4 nitrogen and oxygen atoms in total. The molecule has 0 radical (unpaired) electrons. The molecule has 0 aromatic heterocycles. The number of amides is 2. The van der Waals surface area contributed by atoms with Crippen molar-refractivity contribution in [1.29, 1.82) is 0 Å². The summed E-state index contributed by atoms with van der Waals surface area (Å²) < 4.78 is 0. The van der Waals surface area contributed by atoms with Gasteiger partial charge in [0, 0.05) is 6.04 Å². The van der Waals surface area contributed by atoms with E-state index in [1.165, 1.54) is 25.7 Å². The number of carbonyl (C=O) groups excluding carboxylic acids is 2. The van der Waals surface area contributed by atoms with Crippen molar-refractivity contribution < 1.29 is 9.59 Å². The SMILES string of the molecule is CC(NC(=O)CNC(=O)c1ccccc1Cl)C1CC2CCC1C2. The summed E-state index contributed by atoms with van der Waals surface area (Å²) in [4.78, 5) is 24.1. The second-order valence-electron chi connectivity index (χ2n) is 6.86. The zero-order chi connectivity index (χ0) is 16.4. The molecule has 2 aliphatic rings. The molecule has 4 atom stereocenters. The van der Waals surface area contributed by atoms with Crippen LogP contribution >= 0.6 is 11.6 Å². The molecule has 1 aromatic rings. The Bertz CT molecular complexity index is 604. The molecule has 1 aromatic carbocycles. The maximum absolute atomic E-state index is 12.1. The molecule has 5 heteroatoms. The highest BCUT2D eigenvalue weighted by Crippen LogP contribution is 2.49. The van der Waals surface area contributed by atoms with Crippen LogP contribution in [0.1, 0.15) is 43.0 Å². The van der Waals surface area contributed by atoms with Gasteiger partial charge in [-0.15, -0.1) is 0 Å². The van der Waals surface area contributed by atoms with E-state index in [-0.39, 0.29) is 24.4 Å². The second kappa shape index (κ2) is 6.91. The predicted molar refractivity (Wildman–Crippen MR) is 90.3 cm³/mol. The molecule has 4 unspecified atom stereocenters. The third-order valence-corrected chi connectivity index (χ3v) is 5.68. The number of benzene rings is 1. The Kier molecular flexibility index (Phi) is 4.90. The molecular formula is C18H23ClN2O2. The fraction of sp³-hybridized carbons (Fsp3) is 0.556. The first-order valence-electron chi connectivity index (χ1n) is 8.36. The second-order valence-corrected chi connectivity index (χ2v) is 7.26. The van der Waals surface area contributed by atoms with E-state index in [4.69, 9.17) is 11.6 Å². The van der Waals surface area contributed by atoms with Gasteiger partial charge in [0.25, 0.3) is 5.91 Å². The molecule has 23 heavy (non-hydrogen) atoms. The molecule has 0 aliphatic heterocycles. The minimum Gasteiger partial charge on any atom is -0.352 e. The Balaban J connectivity index is 1.46. The molecule has 124 valence electrons. The van der Waals surface area contributed by atoms with Gasteiger partial charge in [-0.2, -0.15) is 0 Å². The lowest BCUT2D eigenvalue weighted by molar-refractivity contribution is -0.121. The summed E-state index contributed by atoms with van der Waals surface area (Å²) in [7, 11) is 0. The number of carbonyl (C=O) groups is 2. The number of rotatable bonds is 5. The predicted octanol–water partition coefficient (Wildman–Crippen LogP) is 3.01. The minimum absolute atomic E-state index is 0.0186. The zero-order valence-electron chi connectivity index (χ0n) is 13.3. The summed E-state index contributed by atoms with van der Waals surface area (Å²) in [6, 6.07) is 7.00. The largest absolute Gasteiger partial charge is 0.352 e. The number of fused-ring (bicyclic) bond motifs is 2. The van der Waals surface area contributed by atoms with Crippen LogP contribution in [0.15, 0.2) is 24.3 Å². The molecule has 3 rings (SSSR count). The van der Waals surface area contributed by atoms with E-state index in [9.17, 15) is 9.59 Å². The van der Waals surface area contributed by atoms with Crippen LogP contribution in [-0.2, 0) is 4.79 Å². The van der Waals surface area contributed by atoms with Gasteiger partial charge in [0.2, 0.25) is 5.91 Å². The summed E-state index contributed by atoms with van der Waals surface area (Å²) in [5, 5.41) is 6.07. The lowest BCUT2D eigenvalue weighted by Crippen LogP contribution is -2.44. The van der Waals surface area contributed by atoms with Crippen molar-refractivity contribution in [3.05, 3.63) is 34.9 Å². The van der Waals surface area contributed by atoms with Gasteiger partial charge >= 0.3 is 0 Å². The first kappa shape index (κ1) is 16.3. The fourth-order valence-electron chi connectivity index (χ4n) is 4.22. The van der Waals surface area contributed by atoms with Gasteiger partial charge < -0.3 is 10.6 Å². The number of hydrogen-bond donors (Lipinski definition) is 2. The van der Waals surface area contributed by atoms with E-state index in [0.29, 0.717) is 16.5 Å². The van der Waals surface area contributed by atoms with E-state index < -0.39 is 0 Å². The first-order chi connectivity index (χ1) is 11.0. The molecule has 2 fully saturated rings. The highest BCUT2D eigenvalue weighted by atomic mass is 35.5. The number of halogens is 1. The Morgan fingerprint density at radius 1 is 1.26 bits per heavy atom. The van der Waals surface area contributed by atoms with Crippen LogP contribution < -0.4 is 10.6 Å². The Hall–Kier alpha value is -1.55. The van der Waals surface area contributed by atoms with Crippen molar-refractivity contribution in [3.8, 4) is 0 Å². The Morgan fingerprint density at radius 2 is 2.04 bits per heavy atom. The van der Waals surface area contributed by atoms with Crippen molar-refractivity contribution in [2.45, 2.75) is 38.6 Å². The fourth-order valence-corrected chi connectivity index (χ4v) is 4.44. The molecule has 2 amide bonds. The maximum atomic E-state index is 12.1. The van der Waals surface area contributed by atoms with Gasteiger partial charge in [-0.25, -0.2) is 0 Å². The Labute approximate surface area is 142 Å². The first-order valence-corrected chi connectivity index (χ1v) is 8.74. The van der Waals surface area contributed by atoms with Crippen LogP contribution in [0.25, 0.3) is 0 Å². The average Bonchev–Trinajstić information content (AvgIpc) is 3.16. The summed E-state index contributed by atoms with van der Waals surface area (Å²) in [5.41, 5.74) is 0.392. The minimum atomic E-state index is -0.321. The van der Waals surface area contributed by atoms with Crippen molar-refractivity contribution >= 4 is 23.4 Å². The normalized spacial score (nSPS) is 26.8.